The van der Waals surface area contributed by atoms with Crippen molar-refractivity contribution in [2.75, 3.05) is 23.8 Å². The average Bonchev–Trinajstić information content (AvgIpc) is 2.27. The summed E-state index contributed by atoms with van der Waals surface area (Å²) in [7, 11) is 1.79. The SMILES string of the molecule is CCNc1ccc(N(C)C(=O)CC(C)(C)C)cn1. The van der Waals surface area contributed by atoms with Crippen LogP contribution in [0.4, 0.5) is 11.5 Å². The largest absolute Gasteiger partial charge is 0.370 e. The molecule has 18 heavy (non-hydrogen) atoms. The Morgan fingerprint density at radius 2 is 2.06 bits per heavy atom. The number of anilines is 2. The van der Waals surface area contributed by atoms with E-state index in [4.69, 9.17) is 0 Å². The third kappa shape index (κ3) is 4.35. The van der Waals surface area contributed by atoms with Crippen molar-refractivity contribution in [3.63, 3.8) is 0 Å². The van der Waals surface area contributed by atoms with E-state index in [2.05, 4.69) is 31.1 Å². The van der Waals surface area contributed by atoms with Gasteiger partial charge in [0.15, 0.2) is 0 Å². The minimum absolute atomic E-state index is 0.00246. The molecule has 0 saturated carbocycles. The Labute approximate surface area is 109 Å². The van der Waals surface area contributed by atoms with Gasteiger partial charge in [-0.25, -0.2) is 4.98 Å². The summed E-state index contributed by atoms with van der Waals surface area (Å²) in [6.07, 6.45) is 2.25. The first kappa shape index (κ1) is 14.5. The summed E-state index contributed by atoms with van der Waals surface area (Å²) >= 11 is 0. The molecule has 0 bridgehead atoms. The lowest BCUT2D eigenvalue weighted by atomic mass is 9.91. The number of rotatable bonds is 4. The Morgan fingerprint density at radius 1 is 1.39 bits per heavy atom. The minimum atomic E-state index is 0.00246. The van der Waals surface area contributed by atoms with Crippen molar-refractivity contribution in [1.82, 2.24) is 4.98 Å². The highest BCUT2D eigenvalue weighted by atomic mass is 16.2. The zero-order valence-electron chi connectivity index (χ0n) is 11.9. The van der Waals surface area contributed by atoms with Gasteiger partial charge in [0.05, 0.1) is 11.9 Å². The van der Waals surface area contributed by atoms with Crippen molar-refractivity contribution >= 4 is 17.4 Å². The summed E-state index contributed by atoms with van der Waals surface area (Å²) < 4.78 is 0. The van der Waals surface area contributed by atoms with E-state index < -0.39 is 0 Å². The number of hydrogen-bond acceptors (Lipinski definition) is 3. The second-order valence-electron chi connectivity index (χ2n) is 5.62. The van der Waals surface area contributed by atoms with Gasteiger partial charge in [-0.2, -0.15) is 0 Å². The molecule has 100 valence electrons. The molecule has 0 spiro atoms. The fourth-order valence-electron chi connectivity index (χ4n) is 1.59. The van der Waals surface area contributed by atoms with Crippen molar-refractivity contribution in [3.8, 4) is 0 Å². The number of hydrogen-bond donors (Lipinski definition) is 1. The molecule has 1 rings (SSSR count). The van der Waals surface area contributed by atoms with Crippen LogP contribution in [0.2, 0.25) is 0 Å². The lowest BCUT2D eigenvalue weighted by Gasteiger charge is -2.23. The van der Waals surface area contributed by atoms with E-state index in [0.717, 1.165) is 18.1 Å². The molecule has 1 amide bonds. The number of aromatic nitrogens is 1. The predicted molar refractivity (Wildman–Crippen MR) is 75.9 cm³/mol. The van der Waals surface area contributed by atoms with Gasteiger partial charge < -0.3 is 10.2 Å². The first-order valence-corrected chi connectivity index (χ1v) is 6.30. The van der Waals surface area contributed by atoms with E-state index in [1.165, 1.54) is 0 Å². The lowest BCUT2D eigenvalue weighted by molar-refractivity contribution is -0.120. The molecular weight excluding hydrogens is 226 g/mol. The van der Waals surface area contributed by atoms with Crippen LogP contribution in [0.1, 0.15) is 34.1 Å². The molecule has 4 heteroatoms. The molecule has 0 aromatic carbocycles. The molecule has 1 aromatic rings. The average molecular weight is 249 g/mol. The smallest absolute Gasteiger partial charge is 0.227 e. The standard InChI is InChI=1S/C14H23N3O/c1-6-15-12-8-7-11(10-16-12)17(5)13(18)9-14(2,3)4/h7-8,10H,6,9H2,1-5H3,(H,15,16). The second-order valence-corrected chi connectivity index (χ2v) is 5.62. The van der Waals surface area contributed by atoms with Crippen LogP contribution < -0.4 is 10.2 Å². The molecule has 1 N–H and O–H groups in total. The number of nitrogens with zero attached hydrogens (tertiary/aromatic N) is 2. The zero-order valence-corrected chi connectivity index (χ0v) is 11.9. The molecule has 4 nitrogen and oxygen atoms in total. The normalized spacial score (nSPS) is 11.2. The van der Waals surface area contributed by atoms with Gasteiger partial charge in [0, 0.05) is 20.0 Å². The molecule has 0 fully saturated rings. The van der Waals surface area contributed by atoms with E-state index in [1.54, 1.807) is 18.1 Å². The maximum Gasteiger partial charge on any atom is 0.227 e. The van der Waals surface area contributed by atoms with Crippen molar-refractivity contribution in [2.24, 2.45) is 5.41 Å². The molecule has 0 saturated heterocycles. The summed E-state index contributed by atoms with van der Waals surface area (Å²) in [5.41, 5.74) is 0.827. The van der Waals surface area contributed by atoms with Crippen LogP contribution in [-0.2, 0) is 4.79 Å². The topological polar surface area (TPSA) is 45.2 Å². The van der Waals surface area contributed by atoms with Crippen LogP contribution in [0, 0.1) is 5.41 Å². The van der Waals surface area contributed by atoms with E-state index in [9.17, 15) is 4.79 Å². The first-order valence-electron chi connectivity index (χ1n) is 6.30. The van der Waals surface area contributed by atoms with Crippen molar-refractivity contribution in [2.45, 2.75) is 34.1 Å². The summed E-state index contributed by atoms with van der Waals surface area (Å²) in [4.78, 5) is 18.0. The maximum atomic E-state index is 12.1. The van der Waals surface area contributed by atoms with Crippen molar-refractivity contribution < 1.29 is 4.79 Å². The number of carbonyl (C=O) groups is 1. The molecule has 0 radical (unpaired) electrons. The van der Waals surface area contributed by atoms with Gasteiger partial charge in [0.25, 0.3) is 0 Å². The molecule has 0 unspecified atom stereocenters. The minimum Gasteiger partial charge on any atom is -0.370 e. The van der Waals surface area contributed by atoms with Gasteiger partial charge in [-0.05, 0) is 24.5 Å². The Kier molecular flexibility index (Phi) is 4.70. The number of amides is 1. The second kappa shape index (κ2) is 5.85. The Balaban J connectivity index is 2.71. The van der Waals surface area contributed by atoms with E-state index in [0.29, 0.717) is 6.42 Å². The molecule has 0 aliphatic carbocycles. The third-order valence-electron chi connectivity index (χ3n) is 2.55. The van der Waals surface area contributed by atoms with Crippen molar-refractivity contribution in [1.29, 1.82) is 0 Å². The number of pyridine rings is 1. The number of carbonyl (C=O) groups excluding carboxylic acids is 1. The summed E-state index contributed by atoms with van der Waals surface area (Å²) in [6.45, 7) is 9.04. The Morgan fingerprint density at radius 3 is 2.50 bits per heavy atom. The quantitative estimate of drug-likeness (QED) is 0.892. The highest BCUT2D eigenvalue weighted by molar-refractivity contribution is 5.93. The van der Waals surface area contributed by atoms with E-state index in [-0.39, 0.29) is 11.3 Å². The number of nitrogens with one attached hydrogen (secondary N) is 1. The van der Waals surface area contributed by atoms with Crippen LogP contribution in [-0.4, -0.2) is 24.5 Å². The molecular formula is C14H23N3O. The monoisotopic (exact) mass is 249 g/mol. The van der Waals surface area contributed by atoms with E-state index in [1.807, 2.05) is 19.1 Å². The van der Waals surface area contributed by atoms with Crippen LogP contribution in [0.5, 0.6) is 0 Å². The van der Waals surface area contributed by atoms with Gasteiger partial charge in [-0.3, -0.25) is 4.79 Å². The van der Waals surface area contributed by atoms with Gasteiger partial charge >= 0.3 is 0 Å². The fourth-order valence-corrected chi connectivity index (χ4v) is 1.59. The van der Waals surface area contributed by atoms with Gasteiger partial charge in [0.1, 0.15) is 5.82 Å². The highest BCUT2D eigenvalue weighted by Gasteiger charge is 2.19. The maximum absolute atomic E-state index is 12.1. The Bertz CT molecular complexity index is 392. The van der Waals surface area contributed by atoms with Crippen LogP contribution >= 0.6 is 0 Å². The van der Waals surface area contributed by atoms with E-state index >= 15 is 0 Å². The molecule has 1 heterocycles. The van der Waals surface area contributed by atoms with Crippen molar-refractivity contribution in [3.05, 3.63) is 18.3 Å². The zero-order chi connectivity index (χ0) is 13.8. The summed E-state index contributed by atoms with van der Waals surface area (Å²) in [5, 5.41) is 3.13. The molecule has 0 atom stereocenters. The van der Waals surface area contributed by atoms with Crippen LogP contribution in [0.3, 0.4) is 0 Å². The van der Waals surface area contributed by atoms with Gasteiger partial charge in [-0.15, -0.1) is 0 Å². The molecule has 0 aliphatic heterocycles. The lowest BCUT2D eigenvalue weighted by Crippen LogP contribution is -2.29. The Hall–Kier alpha value is -1.58. The highest BCUT2D eigenvalue weighted by Crippen LogP contribution is 2.22. The molecule has 0 aliphatic rings. The predicted octanol–water partition coefficient (Wildman–Crippen LogP) is 2.91. The molecule has 1 aromatic heterocycles. The first-order chi connectivity index (χ1) is 8.33. The van der Waals surface area contributed by atoms with Crippen LogP contribution in [0.25, 0.3) is 0 Å². The fraction of sp³-hybridized carbons (Fsp3) is 0.571. The summed E-state index contributed by atoms with van der Waals surface area (Å²) in [5.74, 6) is 0.943. The third-order valence-corrected chi connectivity index (χ3v) is 2.55. The van der Waals surface area contributed by atoms with Gasteiger partial charge in [-0.1, -0.05) is 20.8 Å². The summed E-state index contributed by atoms with van der Waals surface area (Å²) in [6, 6.07) is 3.80. The van der Waals surface area contributed by atoms with Crippen LogP contribution in [0.15, 0.2) is 18.3 Å². The van der Waals surface area contributed by atoms with Gasteiger partial charge in [0.2, 0.25) is 5.91 Å².